The molecule has 0 aliphatic carbocycles. The molecular formula is C23H30N2O3S. The fourth-order valence-electron chi connectivity index (χ4n) is 5.34. The van der Waals surface area contributed by atoms with Gasteiger partial charge in [0.15, 0.2) is 0 Å². The minimum Gasteiger partial charge on any atom is -0.497 e. The minimum atomic E-state index is -0.239. The molecule has 5 nitrogen and oxygen atoms in total. The van der Waals surface area contributed by atoms with Gasteiger partial charge in [-0.1, -0.05) is 0 Å². The van der Waals surface area contributed by atoms with Crippen LogP contribution in [-0.4, -0.2) is 42.3 Å². The van der Waals surface area contributed by atoms with Crippen LogP contribution in [0.25, 0.3) is 0 Å². The Kier molecular flexibility index (Phi) is 4.84. The third kappa shape index (κ3) is 3.56. The molecule has 0 unspecified atom stereocenters. The van der Waals surface area contributed by atoms with Gasteiger partial charge in [-0.05, 0) is 69.8 Å². The summed E-state index contributed by atoms with van der Waals surface area (Å²) in [7, 11) is 1.71. The van der Waals surface area contributed by atoms with E-state index in [0.29, 0.717) is 5.92 Å². The van der Waals surface area contributed by atoms with Gasteiger partial charge in [0.25, 0.3) is 0 Å². The minimum absolute atomic E-state index is 0.0857. The number of hydrogen-bond donors (Lipinski definition) is 0. The Morgan fingerprint density at radius 2 is 2.10 bits per heavy atom. The Morgan fingerprint density at radius 3 is 2.83 bits per heavy atom. The zero-order chi connectivity index (χ0) is 20.1. The molecule has 2 aromatic rings. The van der Waals surface area contributed by atoms with Gasteiger partial charge in [-0.3, -0.25) is 4.90 Å². The maximum Gasteiger partial charge on any atom is 0.126 e. The van der Waals surface area contributed by atoms with E-state index in [1.54, 1.807) is 18.4 Å². The third-order valence-electron chi connectivity index (χ3n) is 7.16. The lowest BCUT2D eigenvalue weighted by Crippen LogP contribution is -2.54. The Morgan fingerprint density at radius 1 is 1.28 bits per heavy atom. The summed E-state index contributed by atoms with van der Waals surface area (Å²) in [6.07, 6.45) is 3.61. The number of nitrogens with zero attached hydrogens (tertiary/aromatic N) is 2. The molecule has 0 radical (unpaired) electrons. The van der Waals surface area contributed by atoms with Gasteiger partial charge >= 0.3 is 0 Å². The molecule has 5 rings (SSSR count). The number of ether oxygens (including phenoxy) is 3. The van der Waals surface area contributed by atoms with Gasteiger partial charge in [-0.25, -0.2) is 4.98 Å². The van der Waals surface area contributed by atoms with Crippen LogP contribution in [0.1, 0.15) is 50.5 Å². The molecule has 6 heteroatoms. The fourth-order valence-corrected chi connectivity index (χ4v) is 5.89. The molecule has 4 heterocycles. The number of thiazole rings is 1. The van der Waals surface area contributed by atoms with Crippen molar-refractivity contribution in [1.82, 2.24) is 9.88 Å². The van der Waals surface area contributed by atoms with Crippen LogP contribution in [0.4, 0.5) is 0 Å². The van der Waals surface area contributed by atoms with Gasteiger partial charge in [0.2, 0.25) is 0 Å². The second-order valence-corrected chi connectivity index (χ2v) is 10.1. The molecule has 1 aromatic carbocycles. The summed E-state index contributed by atoms with van der Waals surface area (Å²) in [5.41, 5.74) is 4.28. The zero-order valence-corrected chi connectivity index (χ0v) is 18.3. The smallest absolute Gasteiger partial charge is 0.126 e. The number of fused-ring (bicyclic) bond motifs is 3. The van der Waals surface area contributed by atoms with Crippen molar-refractivity contribution < 1.29 is 14.2 Å². The molecule has 0 N–H and O–H groups in total. The van der Waals surface area contributed by atoms with E-state index in [2.05, 4.69) is 35.2 Å². The molecule has 0 saturated carbocycles. The van der Waals surface area contributed by atoms with E-state index >= 15 is 0 Å². The monoisotopic (exact) mass is 414 g/mol. The lowest BCUT2D eigenvalue weighted by molar-refractivity contribution is -0.174. The summed E-state index contributed by atoms with van der Waals surface area (Å²) in [5, 5.41) is 2.16. The number of hydrogen-bond acceptors (Lipinski definition) is 6. The van der Waals surface area contributed by atoms with Crippen LogP contribution >= 0.6 is 11.3 Å². The van der Waals surface area contributed by atoms with E-state index in [1.807, 2.05) is 17.6 Å². The average molecular weight is 415 g/mol. The first-order valence-electron chi connectivity index (χ1n) is 10.6. The average Bonchev–Trinajstić information content (AvgIpc) is 3.23. The molecule has 2 atom stereocenters. The van der Waals surface area contributed by atoms with Crippen molar-refractivity contribution in [3.8, 4) is 11.5 Å². The van der Waals surface area contributed by atoms with E-state index in [1.165, 1.54) is 18.5 Å². The van der Waals surface area contributed by atoms with Crippen LogP contribution in [0, 0.1) is 11.3 Å². The van der Waals surface area contributed by atoms with Crippen molar-refractivity contribution in [2.24, 2.45) is 11.3 Å². The standard InChI is InChI=1S/C23H30N2O3S/c1-22(2)19-11-23(6-8-25(9-7-23)12-16-13-29-15-24-16)14-27-21(19)18-10-17(26-3)4-5-20(18)28-22/h4-5,10,13,15,19,21H,6-9,11-12,14H2,1-3H3/t19-,21+/m0/s1. The van der Waals surface area contributed by atoms with Crippen molar-refractivity contribution in [1.29, 1.82) is 0 Å². The van der Waals surface area contributed by atoms with Gasteiger partial charge in [0.05, 0.1) is 31.0 Å². The highest BCUT2D eigenvalue weighted by molar-refractivity contribution is 7.07. The van der Waals surface area contributed by atoms with Crippen LogP contribution in [-0.2, 0) is 11.3 Å². The van der Waals surface area contributed by atoms with Crippen molar-refractivity contribution in [3.05, 3.63) is 40.3 Å². The van der Waals surface area contributed by atoms with Crippen molar-refractivity contribution in [2.45, 2.75) is 51.4 Å². The number of rotatable bonds is 3. The second kappa shape index (κ2) is 7.25. The molecule has 1 aromatic heterocycles. The summed E-state index contributed by atoms with van der Waals surface area (Å²) in [4.78, 5) is 6.98. The highest BCUT2D eigenvalue weighted by Gasteiger charge is 2.52. The van der Waals surface area contributed by atoms with Gasteiger partial charge in [0.1, 0.15) is 17.1 Å². The molecular weight excluding hydrogens is 384 g/mol. The van der Waals surface area contributed by atoms with Crippen LogP contribution in [0.5, 0.6) is 11.5 Å². The molecule has 0 bridgehead atoms. The Labute approximate surface area is 177 Å². The third-order valence-corrected chi connectivity index (χ3v) is 7.80. The van der Waals surface area contributed by atoms with E-state index < -0.39 is 0 Å². The van der Waals surface area contributed by atoms with E-state index in [-0.39, 0.29) is 17.1 Å². The van der Waals surface area contributed by atoms with Gasteiger partial charge < -0.3 is 14.2 Å². The summed E-state index contributed by atoms with van der Waals surface area (Å²) >= 11 is 1.68. The molecule has 3 aliphatic heterocycles. The first-order valence-corrected chi connectivity index (χ1v) is 11.5. The van der Waals surface area contributed by atoms with Crippen LogP contribution < -0.4 is 9.47 Å². The highest BCUT2D eigenvalue weighted by atomic mass is 32.1. The number of piperidine rings is 1. The maximum atomic E-state index is 6.61. The molecule has 2 fully saturated rings. The lowest BCUT2D eigenvalue weighted by Gasteiger charge is -2.54. The lowest BCUT2D eigenvalue weighted by atomic mass is 9.64. The molecule has 156 valence electrons. The van der Waals surface area contributed by atoms with Gasteiger partial charge in [-0.2, -0.15) is 0 Å². The molecule has 0 amide bonds. The number of methoxy groups -OCH3 is 1. The topological polar surface area (TPSA) is 43.8 Å². The van der Waals surface area contributed by atoms with Gasteiger partial charge in [-0.15, -0.1) is 11.3 Å². The second-order valence-electron chi connectivity index (χ2n) is 9.41. The number of benzene rings is 1. The van der Waals surface area contributed by atoms with Gasteiger partial charge in [0, 0.05) is 23.4 Å². The molecule has 2 saturated heterocycles. The van der Waals surface area contributed by atoms with Crippen molar-refractivity contribution in [2.75, 3.05) is 26.8 Å². The Bertz CT molecular complexity index is 859. The van der Waals surface area contributed by atoms with E-state index in [0.717, 1.165) is 49.7 Å². The normalized spacial score (nSPS) is 27.7. The first kappa shape index (κ1) is 19.3. The first-order chi connectivity index (χ1) is 14.0. The Hall–Kier alpha value is -1.63. The Balaban J connectivity index is 1.32. The van der Waals surface area contributed by atoms with Crippen LogP contribution in [0.15, 0.2) is 29.1 Å². The quantitative estimate of drug-likeness (QED) is 0.729. The van der Waals surface area contributed by atoms with Crippen molar-refractivity contribution in [3.63, 3.8) is 0 Å². The van der Waals surface area contributed by atoms with Crippen molar-refractivity contribution >= 4 is 11.3 Å². The zero-order valence-electron chi connectivity index (χ0n) is 17.5. The molecule has 3 aliphatic rings. The molecule has 1 spiro atoms. The maximum absolute atomic E-state index is 6.61. The van der Waals surface area contributed by atoms with E-state index in [9.17, 15) is 0 Å². The predicted octanol–water partition coefficient (Wildman–Crippen LogP) is 4.68. The van der Waals surface area contributed by atoms with Crippen LogP contribution in [0.3, 0.4) is 0 Å². The summed E-state index contributed by atoms with van der Waals surface area (Å²) in [5.74, 6) is 2.15. The summed E-state index contributed by atoms with van der Waals surface area (Å²) in [6, 6.07) is 6.09. The summed E-state index contributed by atoms with van der Waals surface area (Å²) < 4.78 is 18.5. The number of aromatic nitrogens is 1. The van der Waals surface area contributed by atoms with Crippen LogP contribution in [0.2, 0.25) is 0 Å². The SMILES string of the molecule is COc1ccc2c(c1)[C@H]1OCC3(CCN(Cc4cscn4)CC3)C[C@@H]1C(C)(C)O2. The number of likely N-dealkylation sites (tertiary alicyclic amines) is 1. The predicted molar refractivity (Wildman–Crippen MR) is 114 cm³/mol. The van der Waals surface area contributed by atoms with E-state index in [4.69, 9.17) is 14.2 Å². The summed E-state index contributed by atoms with van der Waals surface area (Å²) in [6.45, 7) is 8.48. The molecule has 29 heavy (non-hydrogen) atoms. The highest BCUT2D eigenvalue weighted by Crippen LogP contribution is 2.55. The fraction of sp³-hybridized carbons (Fsp3) is 0.609. The largest absolute Gasteiger partial charge is 0.497 e.